The fourth-order valence-corrected chi connectivity index (χ4v) is 0.886. The van der Waals surface area contributed by atoms with Gasteiger partial charge in [-0.15, -0.1) is 0 Å². The molecule has 0 spiro atoms. The van der Waals surface area contributed by atoms with E-state index in [0.29, 0.717) is 5.03 Å². The van der Waals surface area contributed by atoms with Crippen LogP contribution in [0.4, 0.5) is 0 Å². The van der Waals surface area contributed by atoms with Crippen molar-refractivity contribution in [2.75, 3.05) is 6.54 Å². The first-order valence-electron chi connectivity index (χ1n) is 2.94. The third-order valence-electron chi connectivity index (χ3n) is 1.21. The minimum atomic E-state index is -0.144. The maximum Gasteiger partial charge on any atom is 0.262 e. The van der Waals surface area contributed by atoms with E-state index in [-0.39, 0.29) is 5.91 Å². The van der Waals surface area contributed by atoms with Gasteiger partial charge in [0.05, 0.1) is 0 Å². The number of nitrogens with one attached hydrogen (secondary N) is 1. The highest BCUT2D eigenvalue weighted by molar-refractivity contribution is 6.42. The minimum Gasteiger partial charge on any atom is -0.351 e. The van der Waals surface area contributed by atoms with Crippen LogP contribution in [0.3, 0.4) is 0 Å². The van der Waals surface area contributed by atoms with E-state index < -0.39 is 0 Å². The van der Waals surface area contributed by atoms with E-state index >= 15 is 0 Å². The van der Waals surface area contributed by atoms with E-state index in [0.717, 1.165) is 19.4 Å². The zero-order valence-corrected chi connectivity index (χ0v) is 5.74. The maximum atomic E-state index is 10.7. The van der Waals surface area contributed by atoms with Crippen LogP contribution >= 0.6 is 11.6 Å². The molecule has 2 nitrogen and oxygen atoms in total. The number of carbonyl (C=O) groups excluding carboxylic acids is 1. The molecule has 0 aromatic rings. The molecule has 1 heterocycles. The Hall–Kier alpha value is -0.500. The Kier molecular flexibility index (Phi) is 2.11. The summed E-state index contributed by atoms with van der Waals surface area (Å²) in [5.41, 5.74) is 0. The molecule has 1 rings (SSSR count). The number of hydrogen-bond acceptors (Lipinski definition) is 1. The Morgan fingerprint density at radius 2 is 2.44 bits per heavy atom. The van der Waals surface area contributed by atoms with Crippen molar-refractivity contribution in [3.05, 3.63) is 11.1 Å². The Labute approximate surface area is 58.9 Å². The third kappa shape index (κ3) is 1.72. The van der Waals surface area contributed by atoms with Crippen LogP contribution in [0.1, 0.15) is 12.8 Å². The average Bonchev–Trinajstić information content (AvgIpc) is 1.99. The number of hydrogen-bond donors (Lipinski definition) is 1. The van der Waals surface area contributed by atoms with Crippen LogP contribution in [-0.4, -0.2) is 12.5 Å². The van der Waals surface area contributed by atoms with Crippen LogP contribution in [0.15, 0.2) is 11.1 Å². The average molecular weight is 146 g/mol. The highest BCUT2D eigenvalue weighted by atomic mass is 35.5. The van der Waals surface area contributed by atoms with Crippen LogP contribution in [0.2, 0.25) is 0 Å². The lowest BCUT2D eigenvalue weighted by Crippen LogP contribution is -2.22. The Morgan fingerprint density at radius 1 is 1.67 bits per heavy atom. The predicted octanol–water partition coefficient (Wildman–Crippen LogP) is 1.02. The molecule has 0 radical (unpaired) electrons. The summed E-state index contributed by atoms with van der Waals surface area (Å²) in [6.07, 6.45) is 3.64. The van der Waals surface area contributed by atoms with Gasteiger partial charge in [0.25, 0.3) is 5.91 Å². The summed E-state index contributed by atoms with van der Waals surface area (Å²) >= 11 is 5.52. The van der Waals surface area contributed by atoms with Crippen LogP contribution < -0.4 is 5.32 Å². The second kappa shape index (κ2) is 2.87. The number of amides is 1. The van der Waals surface area contributed by atoms with Crippen LogP contribution in [0, 0.1) is 0 Å². The van der Waals surface area contributed by atoms with Crippen LogP contribution in [0.25, 0.3) is 0 Å². The van der Waals surface area contributed by atoms with E-state index in [9.17, 15) is 4.79 Å². The molecule has 0 bridgehead atoms. The predicted molar refractivity (Wildman–Crippen MR) is 36.2 cm³/mol. The number of rotatable bonds is 0. The van der Waals surface area contributed by atoms with Gasteiger partial charge in [0, 0.05) is 6.54 Å². The van der Waals surface area contributed by atoms with Gasteiger partial charge in [0.2, 0.25) is 0 Å². The highest BCUT2D eigenvalue weighted by Gasteiger charge is 2.07. The number of allylic oxidation sites excluding steroid dienone is 1. The van der Waals surface area contributed by atoms with Gasteiger partial charge in [-0.1, -0.05) is 17.7 Å². The van der Waals surface area contributed by atoms with Crippen LogP contribution in [0.5, 0.6) is 0 Å². The first-order chi connectivity index (χ1) is 4.30. The van der Waals surface area contributed by atoms with E-state index in [2.05, 4.69) is 5.32 Å². The molecule has 1 aliphatic rings. The third-order valence-corrected chi connectivity index (χ3v) is 1.53. The van der Waals surface area contributed by atoms with E-state index in [4.69, 9.17) is 11.6 Å². The zero-order valence-electron chi connectivity index (χ0n) is 4.98. The molecule has 0 aromatic heterocycles. The first-order valence-corrected chi connectivity index (χ1v) is 3.32. The van der Waals surface area contributed by atoms with Crippen LogP contribution in [-0.2, 0) is 4.79 Å². The summed E-state index contributed by atoms with van der Waals surface area (Å²) in [6.45, 7) is 0.742. The minimum absolute atomic E-state index is 0.144. The van der Waals surface area contributed by atoms with Crippen molar-refractivity contribution in [3.63, 3.8) is 0 Å². The molecule has 0 atom stereocenters. The number of halogens is 1. The second-order valence-electron chi connectivity index (χ2n) is 1.95. The smallest absolute Gasteiger partial charge is 0.262 e. The molecule has 50 valence electrons. The molecule has 0 aromatic carbocycles. The first kappa shape index (κ1) is 6.62. The fraction of sp³-hybridized carbons (Fsp3) is 0.500. The van der Waals surface area contributed by atoms with Gasteiger partial charge in [-0.05, 0) is 12.8 Å². The summed E-state index contributed by atoms with van der Waals surface area (Å²) in [5, 5.41) is 2.98. The lowest BCUT2D eigenvalue weighted by molar-refractivity contribution is -0.116. The summed E-state index contributed by atoms with van der Waals surface area (Å²) < 4.78 is 0. The second-order valence-corrected chi connectivity index (χ2v) is 2.36. The van der Waals surface area contributed by atoms with Crippen molar-refractivity contribution in [3.8, 4) is 0 Å². The molecular weight excluding hydrogens is 138 g/mol. The van der Waals surface area contributed by atoms with Gasteiger partial charge in [0.15, 0.2) is 0 Å². The van der Waals surface area contributed by atoms with Gasteiger partial charge in [-0.3, -0.25) is 4.79 Å². The lowest BCUT2D eigenvalue weighted by atomic mass is 10.3. The lowest BCUT2D eigenvalue weighted by Gasteiger charge is -1.95. The molecular formula is C6H8ClNO. The molecule has 3 heteroatoms. The van der Waals surface area contributed by atoms with Crippen molar-refractivity contribution < 1.29 is 4.79 Å². The zero-order chi connectivity index (χ0) is 6.69. The molecule has 0 aliphatic carbocycles. The Morgan fingerprint density at radius 3 is 3.22 bits per heavy atom. The van der Waals surface area contributed by atoms with Gasteiger partial charge in [-0.2, -0.15) is 0 Å². The van der Waals surface area contributed by atoms with Crippen molar-refractivity contribution in [1.29, 1.82) is 0 Å². The van der Waals surface area contributed by atoms with Crippen molar-refractivity contribution in [2.24, 2.45) is 0 Å². The standard InChI is InChI=1S/C6H8ClNO/c7-5-3-1-2-4-8-6(5)9/h3H,1-2,4H2,(H,8,9). The summed E-state index contributed by atoms with van der Waals surface area (Å²) in [7, 11) is 0. The highest BCUT2D eigenvalue weighted by Crippen LogP contribution is 2.07. The molecule has 0 fully saturated rings. The number of carbonyl (C=O) groups is 1. The van der Waals surface area contributed by atoms with E-state index in [1.54, 1.807) is 6.08 Å². The SMILES string of the molecule is O=C1NCCCC=C1Cl. The quantitative estimate of drug-likeness (QED) is 0.542. The Balaban J connectivity index is 2.61. The van der Waals surface area contributed by atoms with E-state index in [1.807, 2.05) is 0 Å². The monoisotopic (exact) mass is 145 g/mol. The summed E-state index contributed by atoms with van der Waals surface area (Å²) in [4.78, 5) is 10.7. The molecule has 0 unspecified atom stereocenters. The van der Waals surface area contributed by atoms with Crippen molar-refractivity contribution >= 4 is 17.5 Å². The molecule has 0 saturated carbocycles. The summed E-state index contributed by atoms with van der Waals surface area (Å²) in [5.74, 6) is -0.144. The molecule has 1 aliphatic heterocycles. The van der Waals surface area contributed by atoms with E-state index in [1.165, 1.54) is 0 Å². The van der Waals surface area contributed by atoms with Gasteiger partial charge < -0.3 is 5.32 Å². The maximum absolute atomic E-state index is 10.7. The summed E-state index contributed by atoms with van der Waals surface area (Å²) in [6, 6.07) is 0. The van der Waals surface area contributed by atoms with Gasteiger partial charge >= 0.3 is 0 Å². The Bertz CT molecular complexity index is 153. The van der Waals surface area contributed by atoms with Crippen molar-refractivity contribution in [1.82, 2.24) is 5.32 Å². The topological polar surface area (TPSA) is 29.1 Å². The van der Waals surface area contributed by atoms with Crippen molar-refractivity contribution in [2.45, 2.75) is 12.8 Å². The fourth-order valence-electron chi connectivity index (χ4n) is 0.710. The molecule has 0 saturated heterocycles. The molecule has 1 amide bonds. The largest absolute Gasteiger partial charge is 0.351 e. The molecule has 9 heavy (non-hydrogen) atoms. The van der Waals surface area contributed by atoms with Gasteiger partial charge in [0.1, 0.15) is 5.03 Å². The normalized spacial score (nSPS) is 20.1. The van der Waals surface area contributed by atoms with Gasteiger partial charge in [-0.25, -0.2) is 0 Å². The molecule has 1 N–H and O–H groups in total.